The van der Waals surface area contributed by atoms with Gasteiger partial charge in [-0.25, -0.2) is 10.9 Å². The summed E-state index contributed by atoms with van der Waals surface area (Å²) in [6, 6.07) is 13.1. The van der Waals surface area contributed by atoms with Crippen molar-refractivity contribution in [2.75, 3.05) is 20.8 Å². The fourth-order valence-corrected chi connectivity index (χ4v) is 4.14. The molecule has 2 aromatic rings. The SMILES string of the molecule is COc1ccc(OC)c(C2NNC(C(=O)NC3CCOc4ccccc43)C2C)c1. The maximum absolute atomic E-state index is 13.1. The molecule has 2 aliphatic heterocycles. The van der Waals surface area contributed by atoms with Gasteiger partial charge in [0, 0.05) is 23.5 Å². The first-order valence-electron chi connectivity index (χ1n) is 9.87. The second-order valence-electron chi connectivity index (χ2n) is 7.45. The highest BCUT2D eigenvalue weighted by molar-refractivity contribution is 5.83. The van der Waals surface area contributed by atoms with E-state index in [0.29, 0.717) is 6.61 Å². The minimum absolute atomic E-state index is 0.00564. The smallest absolute Gasteiger partial charge is 0.239 e. The number of hydrogen-bond acceptors (Lipinski definition) is 6. The Morgan fingerprint density at radius 3 is 2.72 bits per heavy atom. The monoisotopic (exact) mass is 397 g/mol. The van der Waals surface area contributed by atoms with Gasteiger partial charge in [-0.1, -0.05) is 25.1 Å². The molecule has 0 spiro atoms. The Bertz CT molecular complexity index is 888. The standard InChI is InChI=1S/C22H27N3O4/c1-13-20(16-12-14(27-2)8-9-18(16)28-3)24-25-21(13)22(26)23-17-10-11-29-19-7-5-4-6-15(17)19/h4-9,12-13,17,20-21,24-25H,10-11H2,1-3H3,(H,23,26). The van der Waals surface area contributed by atoms with Crippen LogP contribution in [-0.4, -0.2) is 32.8 Å². The van der Waals surface area contributed by atoms with Crippen molar-refractivity contribution < 1.29 is 19.0 Å². The van der Waals surface area contributed by atoms with E-state index in [1.54, 1.807) is 14.2 Å². The largest absolute Gasteiger partial charge is 0.497 e. The number of methoxy groups -OCH3 is 2. The van der Waals surface area contributed by atoms with E-state index in [1.165, 1.54) is 0 Å². The van der Waals surface area contributed by atoms with Crippen molar-refractivity contribution in [2.24, 2.45) is 5.92 Å². The lowest BCUT2D eigenvalue weighted by Gasteiger charge is -2.28. The number of fused-ring (bicyclic) bond motifs is 1. The van der Waals surface area contributed by atoms with E-state index in [9.17, 15) is 4.79 Å². The van der Waals surface area contributed by atoms with Gasteiger partial charge in [0.2, 0.25) is 5.91 Å². The zero-order valence-corrected chi connectivity index (χ0v) is 16.9. The van der Waals surface area contributed by atoms with Crippen molar-refractivity contribution in [3.8, 4) is 17.2 Å². The van der Waals surface area contributed by atoms with Crippen LogP contribution in [0, 0.1) is 5.92 Å². The summed E-state index contributed by atoms with van der Waals surface area (Å²) in [4.78, 5) is 13.1. The first kappa shape index (κ1) is 19.5. The fourth-order valence-electron chi connectivity index (χ4n) is 4.14. The Kier molecular flexibility index (Phi) is 5.60. The molecule has 0 bridgehead atoms. The van der Waals surface area contributed by atoms with Crippen molar-refractivity contribution in [1.29, 1.82) is 0 Å². The molecular weight excluding hydrogens is 370 g/mol. The van der Waals surface area contributed by atoms with Gasteiger partial charge in [0.05, 0.1) is 32.9 Å². The molecule has 4 unspecified atom stereocenters. The molecule has 1 saturated heterocycles. The molecule has 0 radical (unpaired) electrons. The molecule has 2 aromatic carbocycles. The topological polar surface area (TPSA) is 80.9 Å². The van der Waals surface area contributed by atoms with Gasteiger partial charge in [0.25, 0.3) is 0 Å². The molecule has 7 nitrogen and oxygen atoms in total. The molecule has 154 valence electrons. The maximum atomic E-state index is 13.1. The number of hydrazine groups is 1. The first-order chi connectivity index (χ1) is 14.1. The van der Waals surface area contributed by atoms with E-state index in [-0.39, 0.29) is 30.0 Å². The lowest BCUT2D eigenvalue weighted by atomic mass is 9.89. The van der Waals surface area contributed by atoms with Gasteiger partial charge < -0.3 is 19.5 Å². The number of benzene rings is 2. The van der Waals surface area contributed by atoms with Gasteiger partial charge in [-0.3, -0.25) is 4.79 Å². The number of carbonyl (C=O) groups excluding carboxylic acids is 1. The lowest BCUT2D eigenvalue weighted by Crippen LogP contribution is -2.47. The Hall–Kier alpha value is -2.77. The molecule has 2 heterocycles. The minimum atomic E-state index is -0.370. The van der Waals surface area contributed by atoms with Crippen LogP contribution in [0.3, 0.4) is 0 Å². The molecular formula is C22H27N3O4. The minimum Gasteiger partial charge on any atom is -0.497 e. The molecule has 0 aliphatic carbocycles. The molecule has 4 rings (SSSR count). The van der Waals surface area contributed by atoms with Crippen LogP contribution in [0.15, 0.2) is 42.5 Å². The van der Waals surface area contributed by atoms with Gasteiger partial charge in [-0.2, -0.15) is 0 Å². The number of nitrogens with one attached hydrogen (secondary N) is 3. The average Bonchev–Trinajstić information content (AvgIpc) is 3.14. The predicted octanol–water partition coefficient (Wildman–Crippen LogP) is 2.50. The lowest BCUT2D eigenvalue weighted by molar-refractivity contribution is -0.124. The summed E-state index contributed by atoms with van der Waals surface area (Å²) in [7, 11) is 3.28. The molecule has 0 aromatic heterocycles. The van der Waals surface area contributed by atoms with Crippen LogP contribution in [0.5, 0.6) is 17.2 Å². The van der Waals surface area contributed by atoms with Gasteiger partial charge in [0.15, 0.2) is 0 Å². The van der Waals surface area contributed by atoms with Crippen LogP contribution in [0.1, 0.15) is 36.6 Å². The summed E-state index contributed by atoms with van der Waals surface area (Å²) in [5, 5.41) is 3.19. The number of para-hydroxylation sites is 1. The molecule has 2 aliphatic rings. The maximum Gasteiger partial charge on any atom is 0.239 e. The highest BCUT2D eigenvalue weighted by Gasteiger charge is 2.40. The number of ether oxygens (including phenoxy) is 3. The Morgan fingerprint density at radius 2 is 1.93 bits per heavy atom. The first-order valence-corrected chi connectivity index (χ1v) is 9.87. The van der Waals surface area contributed by atoms with Gasteiger partial charge in [-0.15, -0.1) is 0 Å². The van der Waals surface area contributed by atoms with E-state index < -0.39 is 0 Å². The average molecular weight is 397 g/mol. The Morgan fingerprint density at radius 1 is 1.10 bits per heavy atom. The van der Waals surface area contributed by atoms with Crippen molar-refractivity contribution in [2.45, 2.75) is 31.5 Å². The highest BCUT2D eigenvalue weighted by Crippen LogP contribution is 2.37. The third-order valence-corrected chi connectivity index (χ3v) is 5.78. The number of hydrogen-bond donors (Lipinski definition) is 3. The van der Waals surface area contributed by atoms with Gasteiger partial charge >= 0.3 is 0 Å². The Balaban J connectivity index is 1.50. The third kappa shape index (κ3) is 3.75. The number of rotatable bonds is 5. The van der Waals surface area contributed by atoms with E-state index in [4.69, 9.17) is 14.2 Å². The van der Waals surface area contributed by atoms with Crippen LogP contribution in [0.4, 0.5) is 0 Å². The van der Waals surface area contributed by atoms with E-state index >= 15 is 0 Å². The van der Waals surface area contributed by atoms with E-state index in [2.05, 4.69) is 23.1 Å². The summed E-state index contributed by atoms with van der Waals surface area (Å²) < 4.78 is 16.6. The zero-order valence-electron chi connectivity index (χ0n) is 16.9. The molecule has 4 atom stereocenters. The molecule has 1 fully saturated rings. The highest BCUT2D eigenvalue weighted by atomic mass is 16.5. The van der Waals surface area contributed by atoms with Crippen LogP contribution in [-0.2, 0) is 4.79 Å². The summed E-state index contributed by atoms with van der Waals surface area (Å²) >= 11 is 0. The normalized spacial score (nSPS) is 25.6. The van der Waals surface area contributed by atoms with E-state index in [0.717, 1.165) is 34.8 Å². The quantitative estimate of drug-likeness (QED) is 0.719. The van der Waals surface area contributed by atoms with Gasteiger partial charge in [0.1, 0.15) is 23.3 Å². The van der Waals surface area contributed by atoms with Crippen LogP contribution in [0.2, 0.25) is 0 Å². The van der Waals surface area contributed by atoms with Crippen LogP contribution < -0.4 is 30.4 Å². The second-order valence-corrected chi connectivity index (χ2v) is 7.45. The third-order valence-electron chi connectivity index (χ3n) is 5.78. The summed E-state index contributed by atoms with van der Waals surface area (Å²) in [5.41, 5.74) is 8.41. The van der Waals surface area contributed by atoms with Crippen LogP contribution in [0.25, 0.3) is 0 Å². The molecule has 7 heteroatoms. The molecule has 1 amide bonds. The van der Waals surface area contributed by atoms with Crippen molar-refractivity contribution in [1.82, 2.24) is 16.2 Å². The second kappa shape index (κ2) is 8.31. The van der Waals surface area contributed by atoms with Gasteiger partial charge in [-0.05, 0) is 24.3 Å². The number of amides is 1. The predicted molar refractivity (Wildman–Crippen MR) is 109 cm³/mol. The molecule has 0 saturated carbocycles. The number of carbonyl (C=O) groups is 1. The molecule has 29 heavy (non-hydrogen) atoms. The zero-order chi connectivity index (χ0) is 20.4. The molecule has 3 N–H and O–H groups in total. The summed E-state index contributed by atoms with van der Waals surface area (Å²) in [6.07, 6.45) is 0.754. The fraction of sp³-hybridized carbons (Fsp3) is 0.409. The summed E-state index contributed by atoms with van der Waals surface area (Å²) in [5.74, 6) is 2.33. The van der Waals surface area contributed by atoms with Crippen molar-refractivity contribution >= 4 is 5.91 Å². The van der Waals surface area contributed by atoms with Crippen molar-refractivity contribution in [3.05, 3.63) is 53.6 Å². The Labute approximate surface area is 170 Å². The summed E-state index contributed by atoms with van der Waals surface area (Å²) in [6.45, 7) is 2.65. The van der Waals surface area contributed by atoms with Crippen LogP contribution >= 0.6 is 0 Å². The van der Waals surface area contributed by atoms with E-state index in [1.807, 2.05) is 42.5 Å². The van der Waals surface area contributed by atoms with Crippen molar-refractivity contribution in [3.63, 3.8) is 0 Å².